The normalized spacial score (nSPS) is 18.1. The van der Waals surface area contributed by atoms with Crippen LogP contribution in [0.15, 0.2) is 30.3 Å². The Labute approximate surface area is 110 Å². The number of aliphatic hydroxyl groups is 1. The van der Waals surface area contributed by atoms with Crippen molar-refractivity contribution in [2.75, 3.05) is 32.8 Å². The first-order valence-electron chi connectivity index (χ1n) is 6.99. The zero-order chi connectivity index (χ0) is 12.6. The molecule has 3 nitrogen and oxygen atoms in total. The Bertz CT molecular complexity index is 321. The third kappa shape index (κ3) is 4.41. The van der Waals surface area contributed by atoms with Crippen LogP contribution >= 0.6 is 0 Å². The van der Waals surface area contributed by atoms with Crippen LogP contribution in [-0.4, -0.2) is 48.8 Å². The van der Waals surface area contributed by atoms with Crippen LogP contribution in [0.4, 0.5) is 0 Å². The molecule has 1 saturated heterocycles. The molecule has 0 bridgehead atoms. The molecule has 18 heavy (non-hydrogen) atoms. The Morgan fingerprint density at radius 2 is 1.89 bits per heavy atom. The van der Waals surface area contributed by atoms with Crippen LogP contribution in [0, 0.1) is 0 Å². The fourth-order valence-electron chi connectivity index (χ4n) is 2.56. The topological polar surface area (TPSA) is 35.5 Å². The van der Waals surface area contributed by atoms with Gasteiger partial charge >= 0.3 is 0 Å². The SMILES string of the molecule is OCCNC1CCN(CCc2ccccc2)CC1. The van der Waals surface area contributed by atoms with Crippen molar-refractivity contribution < 1.29 is 5.11 Å². The first-order valence-corrected chi connectivity index (χ1v) is 6.99. The predicted molar refractivity (Wildman–Crippen MR) is 74.7 cm³/mol. The summed E-state index contributed by atoms with van der Waals surface area (Å²) < 4.78 is 0. The van der Waals surface area contributed by atoms with Gasteiger partial charge in [0.2, 0.25) is 0 Å². The maximum absolute atomic E-state index is 8.79. The van der Waals surface area contributed by atoms with Crippen molar-refractivity contribution in [1.29, 1.82) is 0 Å². The number of aliphatic hydroxyl groups excluding tert-OH is 1. The standard InChI is InChI=1S/C15H24N2O/c18-13-9-16-15-7-11-17(12-8-15)10-6-14-4-2-1-3-5-14/h1-5,15-16,18H,6-13H2. The highest BCUT2D eigenvalue weighted by Gasteiger charge is 2.17. The molecule has 1 aromatic rings. The van der Waals surface area contributed by atoms with Crippen molar-refractivity contribution >= 4 is 0 Å². The van der Waals surface area contributed by atoms with Crippen LogP contribution in [-0.2, 0) is 6.42 Å². The minimum atomic E-state index is 0.244. The third-order valence-electron chi connectivity index (χ3n) is 3.69. The van der Waals surface area contributed by atoms with Crippen molar-refractivity contribution in [2.45, 2.75) is 25.3 Å². The van der Waals surface area contributed by atoms with Gasteiger partial charge in [-0.1, -0.05) is 30.3 Å². The summed E-state index contributed by atoms with van der Waals surface area (Å²) in [5, 5.41) is 12.2. The van der Waals surface area contributed by atoms with Gasteiger partial charge in [0.1, 0.15) is 0 Å². The number of piperidine rings is 1. The first kappa shape index (κ1) is 13.5. The molecule has 2 N–H and O–H groups in total. The third-order valence-corrected chi connectivity index (χ3v) is 3.69. The van der Waals surface area contributed by atoms with Crippen LogP contribution in [0.3, 0.4) is 0 Å². The van der Waals surface area contributed by atoms with E-state index < -0.39 is 0 Å². The highest BCUT2D eigenvalue weighted by molar-refractivity contribution is 5.14. The van der Waals surface area contributed by atoms with E-state index in [9.17, 15) is 0 Å². The molecule has 1 aliphatic heterocycles. The molecule has 2 rings (SSSR count). The molecule has 0 spiro atoms. The molecule has 0 aromatic heterocycles. The lowest BCUT2D eigenvalue weighted by atomic mass is 10.0. The van der Waals surface area contributed by atoms with Gasteiger partial charge in [0.25, 0.3) is 0 Å². The Balaban J connectivity index is 1.65. The lowest BCUT2D eigenvalue weighted by Crippen LogP contribution is -2.43. The lowest BCUT2D eigenvalue weighted by Gasteiger charge is -2.32. The number of hydrogen-bond acceptors (Lipinski definition) is 3. The molecule has 1 aromatic carbocycles. The highest BCUT2D eigenvalue weighted by Crippen LogP contribution is 2.11. The summed E-state index contributed by atoms with van der Waals surface area (Å²) in [4.78, 5) is 2.55. The monoisotopic (exact) mass is 248 g/mol. The summed E-state index contributed by atoms with van der Waals surface area (Å²) in [6.07, 6.45) is 3.55. The summed E-state index contributed by atoms with van der Waals surface area (Å²) in [7, 11) is 0. The maximum atomic E-state index is 8.79. The van der Waals surface area contributed by atoms with Crippen molar-refractivity contribution in [3.8, 4) is 0 Å². The van der Waals surface area contributed by atoms with Gasteiger partial charge in [-0.05, 0) is 37.9 Å². The molecule has 1 aliphatic rings. The number of likely N-dealkylation sites (tertiary alicyclic amines) is 1. The number of nitrogens with zero attached hydrogens (tertiary/aromatic N) is 1. The van der Waals surface area contributed by atoms with E-state index in [1.165, 1.54) is 31.5 Å². The molecule has 3 heteroatoms. The second-order valence-corrected chi connectivity index (χ2v) is 5.03. The Morgan fingerprint density at radius 3 is 2.56 bits per heavy atom. The zero-order valence-corrected chi connectivity index (χ0v) is 11.0. The van der Waals surface area contributed by atoms with Crippen molar-refractivity contribution in [1.82, 2.24) is 10.2 Å². The van der Waals surface area contributed by atoms with Crippen molar-refractivity contribution in [2.24, 2.45) is 0 Å². The lowest BCUT2D eigenvalue weighted by molar-refractivity contribution is 0.192. The minimum absolute atomic E-state index is 0.244. The van der Waals surface area contributed by atoms with Crippen LogP contribution in [0.1, 0.15) is 18.4 Å². The van der Waals surface area contributed by atoms with E-state index in [-0.39, 0.29) is 6.61 Å². The molecule has 100 valence electrons. The number of nitrogens with one attached hydrogen (secondary N) is 1. The summed E-state index contributed by atoms with van der Waals surface area (Å²) in [6.45, 7) is 4.49. The van der Waals surface area contributed by atoms with Crippen LogP contribution in [0.25, 0.3) is 0 Å². The predicted octanol–water partition coefficient (Wildman–Crippen LogP) is 1.28. The average molecular weight is 248 g/mol. The summed E-state index contributed by atoms with van der Waals surface area (Å²) in [5.41, 5.74) is 1.43. The number of hydrogen-bond donors (Lipinski definition) is 2. The Morgan fingerprint density at radius 1 is 1.17 bits per heavy atom. The molecule has 1 heterocycles. The quantitative estimate of drug-likeness (QED) is 0.796. The van der Waals surface area contributed by atoms with Crippen molar-refractivity contribution in [3.63, 3.8) is 0 Å². The van der Waals surface area contributed by atoms with E-state index in [0.717, 1.165) is 19.5 Å². The second kappa shape index (κ2) is 7.52. The van der Waals surface area contributed by atoms with E-state index in [4.69, 9.17) is 5.11 Å². The van der Waals surface area contributed by atoms with E-state index in [2.05, 4.69) is 40.5 Å². The van der Waals surface area contributed by atoms with Gasteiger partial charge in [0.15, 0.2) is 0 Å². The average Bonchev–Trinajstić information content (AvgIpc) is 2.45. The van der Waals surface area contributed by atoms with E-state index in [0.29, 0.717) is 6.04 Å². The molecule has 0 radical (unpaired) electrons. The minimum Gasteiger partial charge on any atom is -0.395 e. The highest BCUT2D eigenvalue weighted by atomic mass is 16.3. The van der Waals surface area contributed by atoms with Crippen LogP contribution in [0.5, 0.6) is 0 Å². The van der Waals surface area contributed by atoms with Crippen molar-refractivity contribution in [3.05, 3.63) is 35.9 Å². The zero-order valence-electron chi connectivity index (χ0n) is 11.0. The molecular formula is C15H24N2O. The number of rotatable bonds is 6. The van der Waals surface area contributed by atoms with Crippen LogP contribution < -0.4 is 5.32 Å². The summed E-state index contributed by atoms with van der Waals surface area (Å²) >= 11 is 0. The van der Waals surface area contributed by atoms with Gasteiger partial charge in [-0.25, -0.2) is 0 Å². The summed E-state index contributed by atoms with van der Waals surface area (Å²) in [5.74, 6) is 0. The molecule has 0 aliphatic carbocycles. The van der Waals surface area contributed by atoms with Gasteiger partial charge < -0.3 is 15.3 Å². The fourth-order valence-corrected chi connectivity index (χ4v) is 2.56. The van der Waals surface area contributed by atoms with E-state index >= 15 is 0 Å². The molecule has 0 amide bonds. The molecule has 0 atom stereocenters. The summed E-state index contributed by atoms with van der Waals surface area (Å²) in [6, 6.07) is 11.3. The first-order chi connectivity index (χ1) is 8.88. The van der Waals surface area contributed by atoms with Gasteiger partial charge in [-0.2, -0.15) is 0 Å². The van der Waals surface area contributed by atoms with Gasteiger partial charge in [0.05, 0.1) is 6.61 Å². The Hall–Kier alpha value is -0.900. The van der Waals surface area contributed by atoms with Gasteiger partial charge in [-0.15, -0.1) is 0 Å². The largest absolute Gasteiger partial charge is 0.395 e. The number of benzene rings is 1. The Kier molecular flexibility index (Phi) is 5.65. The molecule has 0 saturated carbocycles. The molecular weight excluding hydrogens is 224 g/mol. The van der Waals surface area contributed by atoms with E-state index in [1.807, 2.05) is 0 Å². The fraction of sp³-hybridized carbons (Fsp3) is 0.600. The second-order valence-electron chi connectivity index (χ2n) is 5.03. The van der Waals surface area contributed by atoms with E-state index in [1.54, 1.807) is 0 Å². The van der Waals surface area contributed by atoms with Crippen LogP contribution in [0.2, 0.25) is 0 Å². The smallest absolute Gasteiger partial charge is 0.0556 e. The van der Waals surface area contributed by atoms with Gasteiger partial charge in [0, 0.05) is 19.1 Å². The molecule has 0 unspecified atom stereocenters. The maximum Gasteiger partial charge on any atom is 0.0556 e. The van der Waals surface area contributed by atoms with Gasteiger partial charge in [-0.3, -0.25) is 0 Å². The molecule has 1 fully saturated rings.